The number of nitrogens with zero attached hydrogens (tertiary/aromatic N) is 2. The van der Waals surface area contributed by atoms with Gasteiger partial charge in [-0.3, -0.25) is 9.89 Å². The van der Waals surface area contributed by atoms with E-state index < -0.39 is 0 Å². The molecule has 0 amide bonds. The Balaban J connectivity index is 0.00000364. The van der Waals surface area contributed by atoms with Gasteiger partial charge in [-0.05, 0) is 26.3 Å². The first-order valence-corrected chi connectivity index (χ1v) is 9.49. The molecule has 1 atom stereocenters. The molecule has 7 heteroatoms. The molecule has 0 bridgehead atoms. The fraction of sp³-hybridized carbons (Fsp3) is 0.650. The summed E-state index contributed by atoms with van der Waals surface area (Å²) in [6.45, 7) is 12.3. The van der Waals surface area contributed by atoms with Crippen LogP contribution in [0.5, 0.6) is 0 Å². The van der Waals surface area contributed by atoms with Crippen molar-refractivity contribution in [3.05, 3.63) is 35.9 Å². The Morgan fingerprint density at radius 1 is 1.22 bits per heavy atom. The van der Waals surface area contributed by atoms with Crippen molar-refractivity contribution in [3.8, 4) is 0 Å². The van der Waals surface area contributed by atoms with Gasteiger partial charge in [0.05, 0.1) is 25.9 Å². The molecule has 1 aromatic carbocycles. The highest BCUT2D eigenvalue weighted by Gasteiger charge is 2.28. The van der Waals surface area contributed by atoms with Crippen LogP contribution in [0.3, 0.4) is 0 Å². The topological polar surface area (TPSA) is 58.1 Å². The highest BCUT2D eigenvalue weighted by atomic mass is 127. The highest BCUT2D eigenvalue weighted by molar-refractivity contribution is 14.0. The minimum Gasteiger partial charge on any atom is -0.379 e. The molecule has 2 rings (SSSR count). The van der Waals surface area contributed by atoms with E-state index in [1.165, 1.54) is 0 Å². The monoisotopic (exact) mass is 490 g/mol. The minimum absolute atomic E-state index is 0. The van der Waals surface area contributed by atoms with E-state index in [0.717, 1.165) is 50.9 Å². The average Bonchev–Trinajstić information content (AvgIpc) is 2.68. The zero-order valence-corrected chi connectivity index (χ0v) is 19.4. The lowest BCUT2D eigenvalue weighted by atomic mass is 10.0. The van der Waals surface area contributed by atoms with Crippen LogP contribution in [0.4, 0.5) is 0 Å². The number of ether oxygens (including phenoxy) is 2. The van der Waals surface area contributed by atoms with Crippen LogP contribution in [-0.2, 0) is 9.47 Å². The number of morpholine rings is 1. The molecule has 2 N–H and O–H groups in total. The van der Waals surface area contributed by atoms with Gasteiger partial charge in [0.2, 0.25) is 0 Å². The van der Waals surface area contributed by atoms with Crippen LogP contribution in [-0.4, -0.2) is 69.4 Å². The maximum Gasteiger partial charge on any atom is 0.191 e. The highest BCUT2D eigenvalue weighted by Crippen LogP contribution is 2.17. The first-order valence-electron chi connectivity index (χ1n) is 9.49. The maximum atomic E-state index is 5.64. The third kappa shape index (κ3) is 7.93. The van der Waals surface area contributed by atoms with Crippen molar-refractivity contribution in [1.82, 2.24) is 15.5 Å². The minimum atomic E-state index is -0.00712. The van der Waals surface area contributed by atoms with Gasteiger partial charge in [-0.2, -0.15) is 0 Å². The molecular weight excluding hydrogens is 455 g/mol. The van der Waals surface area contributed by atoms with E-state index in [1.807, 2.05) is 18.2 Å². The summed E-state index contributed by atoms with van der Waals surface area (Å²) in [6, 6.07) is 10.3. The van der Waals surface area contributed by atoms with Gasteiger partial charge in [-0.25, -0.2) is 0 Å². The van der Waals surface area contributed by atoms with E-state index in [9.17, 15) is 0 Å². The molecule has 27 heavy (non-hydrogen) atoms. The Kier molecular flexibility index (Phi) is 11.2. The van der Waals surface area contributed by atoms with E-state index >= 15 is 0 Å². The van der Waals surface area contributed by atoms with Crippen LogP contribution in [0, 0.1) is 0 Å². The average molecular weight is 490 g/mol. The molecule has 0 aliphatic carbocycles. The second-order valence-electron chi connectivity index (χ2n) is 7.12. The number of rotatable bonds is 8. The lowest BCUT2D eigenvalue weighted by Gasteiger charge is -2.40. The fourth-order valence-electron chi connectivity index (χ4n) is 3.08. The Bertz CT molecular complexity index is 548. The predicted molar refractivity (Wildman–Crippen MR) is 122 cm³/mol. The molecular formula is C20H35IN4O2. The molecule has 1 aromatic rings. The molecule has 1 fully saturated rings. The van der Waals surface area contributed by atoms with Crippen molar-refractivity contribution in [2.45, 2.75) is 32.4 Å². The number of benzene rings is 1. The van der Waals surface area contributed by atoms with Crippen molar-refractivity contribution in [3.63, 3.8) is 0 Å². The zero-order valence-electron chi connectivity index (χ0n) is 17.0. The lowest BCUT2D eigenvalue weighted by molar-refractivity contribution is -0.00684. The molecule has 0 radical (unpaired) electrons. The van der Waals surface area contributed by atoms with Gasteiger partial charge < -0.3 is 20.1 Å². The van der Waals surface area contributed by atoms with E-state index in [2.05, 4.69) is 48.4 Å². The molecule has 1 heterocycles. The smallest absolute Gasteiger partial charge is 0.191 e. The zero-order chi connectivity index (χ0) is 18.8. The number of guanidine groups is 1. The van der Waals surface area contributed by atoms with Crippen molar-refractivity contribution >= 4 is 29.9 Å². The predicted octanol–water partition coefficient (Wildman–Crippen LogP) is 2.66. The van der Waals surface area contributed by atoms with Crippen molar-refractivity contribution in [2.75, 3.05) is 53.0 Å². The Labute approximate surface area is 181 Å². The van der Waals surface area contributed by atoms with Crippen molar-refractivity contribution in [1.29, 1.82) is 0 Å². The standard InChI is InChI=1S/C20H34N4O2.HI/c1-5-21-19(22-15-18(25-4)17-9-7-6-8-10-17)23-16-20(2,3)24-11-13-26-14-12-24;/h6-10,18H,5,11-16H2,1-4H3,(H2,21,22,23);1H. The summed E-state index contributed by atoms with van der Waals surface area (Å²) in [5.74, 6) is 0.826. The number of hydrogen-bond acceptors (Lipinski definition) is 4. The summed E-state index contributed by atoms with van der Waals surface area (Å²) >= 11 is 0. The summed E-state index contributed by atoms with van der Waals surface area (Å²) in [5, 5.41) is 6.75. The number of methoxy groups -OCH3 is 1. The van der Waals surface area contributed by atoms with Crippen molar-refractivity contribution in [2.24, 2.45) is 4.99 Å². The Morgan fingerprint density at radius 2 is 1.89 bits per heavy atom. The Morgan fingerprint density at radius 3 is 2.48 bits per heavy atom. The van der Waals surface area contributed by atoms with Gasteiger partial charge >= 0.3 is 0 Å². The molecule has 154 valence electrons. The van der Waals surface area contributed by atoms with Crippen LogP contribution in [0.1, 0.15) is 32.4 Å². The summed E-state index contributed by atoms with van der Waals surface area (Å²) in [5.41, 5.74) is 1.17. The molecule has 0 saturated carbocycles. The molecule has 1 saturated heterocycles. The largest absolute Gasteiger partial charge is 0.379 e. The third-order valence-electron chi connectivity index (χ3n) is 4.75. The number of hydrogen-bond donors (Lipinski definition) is 2. The Hall–Kier alpha value is -0.900. The van der Waals surface area contributed by atoms with Crippen molar-refractivity contribution < 1.29 is 9.47 Å². The third-order valence-corrected chi connectivity index (χ3v) is 4.75. The van der Waals surface area contributed by atoms with E-state index in [4.69, 9.17) is 14.5 Å². The van der Waals surface area contributed by atoms with Gasteiger partial charge in [0.1, 0.15) is 0 Å². The van der Waals surface area contributed by atoms with E-state index in [-0.39, 0.29) is 35.6 Å². The van der Waals surface area contributed by atoms with Gasteiger partial charge in [0.15, 0.2) is 5.96 Å². The van der Waals surface area contributed by atoms with E-state index in [1.54, 1.807) is 7.11 Å². The summed E-state index contributed by atoms with van der Waals surface area (Å²) in [7, 11) is 1.74. The molecule has 6 nitrogen and oxygen atoms in total. The molecule has 0 spiro atoms. The van der Waals surface area contributed by atoms with Crippen LogP contribution in [0.25, 0.3) is 0 Å². The molecule has 1 aliphatic heterocycles. The SMILES string of the molecule is CCNC(=NCC(C)(C)N1CCOCC1)NCC(OC)c1ccccc1.I. The van der Waals surface area contributed by atoms with Gasteiger partial charge in [0.25, 0.3) is 0 Å². The van der Waals surface area contributed by atoms with Crippen LogP contribution >= 0.6 is 24.0 Å². The summed E-state index contributed by atoms with van der Waals surface area (Å²) in [6.07, 6.45) is -0.00712. The lowest BCUT2D eigenvalue weighted by Crippen LogP contribution is -2.52. The van der Waals surface area contributed by atoms with E-state index in [0.29, 0.717) is 6.54 Å². The van der Waals surface area contributed by atoms with Gasteiger partial charge in [0, 0.05) is 38.8 Å². The quantitative estimate of drug-likeness (QED) is 0.334. The molecule has 1 unspecified atom stereocenters. The van der Waals surface area contributed by atoms with Crippen LogP contribution in [0.15, 0.2) is 35.3 Å². The first kappa shape index (κ1) is 24.1. The number of nitrogens with one attached hydrogen (secondary N) is 2. The second-order valence-corrected chi connectivity index (χ2v) is 7.12. The number of aliphatic imine (C=N–C) groups is 1. The summed E-state index contributed by atoms with van der Waals surface area (Å²) < 4.78 is 11.1. The second kappa shape index (κ2) is 12.5. The fourth-order valence-corrected chi connectivity index (χ4v) is 3.08. The van der Waals surface area contributed by atoms with Crippen LogP contribution in [0.2, 0.25) is 0 Å². The molecule has 0 aromatic heterocycles. The van der Waals surface area contributed by atoms with Crippen LogP contribution < -0.4 is 10.6 Å². The molecule has 1 aliphatic rings. The number of halogens is 1. The summed E-state index contributed by atoms with van der Waals surface area (Å²) in [4.78, 5) is 7.27. The maximum absolute atomic E-state index is 5.64. The van der Waals surface area contributed by atoms with Gasteiger partial charge in [-0.15, -0.1) is 24.0 Å². The normalized spacial score (nSPS) is 17.1. The van der Waals surface area contributed by atoms with Gasteiger partial charge in [-0.1, -0.05) is 30.3 Å². The first-order chi connectivity index (χ1) is 12.6.